The van der Waals surface area contributed by atoms with Gasteiger partial charge in [0.15, 0.2) is 0 Å². The van der Waals surface area contributed by atoms with E-state index >= 15 is 0 Å². The van der Waals surface area contributed by atoms with E-state index in [0.717, 1.165) is 31.9 Å². The van der Waals surface area contributed by atoms with Crippen LogP contribution in [0.5, 0.6) is 0 Å². The fraction of sp³-hybridized carbons (Fsp3) is 0.667. The van der Waals surface area contributed by atoms with Gasteiger partial charge in [-0.3, -0.25) is 0 Å². The Morgan fingerprint density at radius 2 is 1.86 bits per heavy atom. The van der Waals surface area contributed by atoms with Gasteiger partial charge in [-0.2, -0.15) is 0 Å². The molecule has 0 heterocycles. The average Bonchev–Trinajstić information content (AvgIpc) is 2.47. The van der Waals surface area contributed by atoms with Crippen molar-refractivity contribution < 1.29 is 8.78 Å². The minimum atomic E-state index is -0.507. The van der Waals surface area contributed by atoms with E-state index in [0.29, 0.717) is 17.9 Å². The Bertz CT molecular complexity index is 406. The van der Waals surface area contributed by atoms with Crippen LogP contribution >= 0.6 is 0 Å². The number of benzene rings is 1. The molecular formula is C18H29F2N. The third-order valence-corrected chi connectivity index (χ3v) is 4.13. The van der Waals surface area contributed by atoms with Crippen molar-refractivity contribution >= 4 is 0 Å². The molecule has 2 atom stereocenters. The lowest BCUT2D eigenvalue weighted by Gasteiger charge is -2.28. The topological polar surface area (TPSA) is 12.0 Å². The molecule has 0 saturated carbocycles. The second kappa shape index (κ2) is 9.88. The standard InChI is InChI=1S/C18H29F2N/c1-4-7-8-14(6-3)18(21-11-5-2)12-15-9-10-16(19)13-17(15)20/h9-10,13-14,18,21H,4-8,11-12H2,1-3H3. The maximum atomic E-state index is 13.9. The van der Waals surface area contributed by atoms with Crippen LogP contribution in [0.1, 0.15) is 58.4 Å². The molecule has 0 aromatic heterocycles. The van der Waals surface area contributed by atoms with Gasteiger partial charge in [0.2, 0.25) is 0 Å². The molecule has 0 aliphatic heterocycles. The maximum Gasteiger partial charge on any atom is 0.129 e. The quantitative estimate of drug-likeness (QED) is 0.634. The Hall–Kier alpha value is -0.960. The molecule has 2 unspecified atom stereocenters. The van der Waals surface area contributed by atoms with Gasteiger partial charge in [-0.25, -0.2) is 8.78 Å². The Morgan fingerprint density at radius 1 is 1.10 bits per heavy atom. The second-order valence-corrected chi connectivity index (χ2v) is 5.81. The molecular weight excluding hydrogens is 268 g/mol. The smallest absolute Gasteiger partial charge is 0.129 e. The van der Waals surface area contributed by atoms with Crippen molar-refractivity contribution in [1.82, 2.24) is 5.32 Å². The molecule has 1 aromatic rings. The van der Waals surface area contributed by atoms with E-state index in [4.69, 9.17) is 0 Å². The average molecular weight is 297 g/mol. The fourth-order valence-corrected chi connectivity index (χ4v) is 2.82. The summed E-state index contributed by atoms with van der Waals surface area (Å²) in [7, 11) is 0. The van der Waals surface area contributed by atoms with Crippen LogP contribution in [0.3, 0.4) is 0 Å². The highest BCUT2D eigenvalue weighted by Crippen LogP contribution is 2.22. The van der Waals surface area contributed by atoms with E-state index in [1.165, 1.54) is 18.9 Å². The molecule has 120 valence electrons. The van der Waals surface area contributed by atoms with Crippen molar-refractivity contribution in [3.05, 3.63) is 35.4 Å². The van der Waals surface area contributed by atoms with Gasteiger partial charge < -0.3 is 5.32 Å². The Morgan fingerprint density at radius 3 is 2.43 bits per heavy atom. The SMILES string of the molecule is CCCCC(CC)C(Cc1ccc(F)cc1F)NCCC. The first-order valence-electron chi connectivity index (χ1n) is 8.29. The van der Waals surface area contributed by atoms with Crippen molar-refractivity contribution in [2.45, 2.75) is 65.3 Å². The van der Waals surface area contributed by atoms with E-state index < -0.39 is 11.6 Å². The summed E-state index contributed by atoms with van der Waals surface area (Å²) in [6, 6.07) is 4.18. The van der Waals surface area contributed by atoms with Crippen molar-refractivity contribution in [2.75, 3.05) is 6.54 Å². The van der Waals surface area contributed by atoms with Gasteiger partial charge in [-0.1, -0.05) is 46.1 Å². The lowest BCUT2D eigenvalue weighted by molar-refractivity contribution is 0.313. The minimum Gasteiger partial charge on any atom is -0.313 e. The molecule has 3 heteroatoms. The van der Waals surface area contributed by atoms with Gasteiger partial charge >= 0.3 is 0 Å². The van der Waals surface area contributed by atoms with E-state index in [1.54, 1.807) is 6.07 Å². The summed E-state index contributed by atoms with van der Waals surface area (Å²) in [5, 5.41) is 3.56. The van der Waals surface area contributed by atoms with Gasteiger partial charge in [-0.05, 0) is 43.4 Å². The number of hydrogen-bond donors (Lipinski definition) is 1. The zero-order chi connectivity index (χ0) is 15.7. The minimum absolute atomic E-state index is 0.265. The molecule has 21 heavy (non-hydrogen) atoms. The molecule has 0 radical (unpaired) electrons. The number of nitrogens with one attached hydrogen (secondary N) is 1. The monoisotopic (exact) mass is 297 g/mol. The van der Waals surface area contributed by atoms with Crippen LogP contribution in [-0.2, 0) is 6.42 Å². The largest absolute Gasteiger partial charge is 0.313 e. The maximum absolute atomic E-state index is 13.9. The second-order valence-electron chi connectivity index (χ2n) is 5.81. The number of hydrogen-bond acceptors (Lipinski definition) is 1. The summed E-state index contributed by atoms with van der Waals surface area (Å²) in [5.41, 5.74) is 0.611. The third-order valence-electron chi connectivity index (χ3n) is 4.13. The zero-order valence-corrected chi connectivity index (χ0v) is 13.6. The zero-order valence-electron chi connectivity index (χ0n) is 13.6. The lowest BCUT2D eigenvalue weighted by atomic mass is 9.87. The van der Waals surface area contributed by atoms with Crippen LogP contribution in [0, 0.1) is 17.6 Å². The fourth-order valence-electron chi connectivity index (χ4n) is 2.82. The van der Waals surface area contributed by atoms with Crippen LogP contribution in [0.15, 0.2) is 18.2 Å². The molecule has 1 N–H and O–H groups in total. The third kappa shape index (κ3) is 6.13. The van der Waals surface area contributed by atoms with Crippen molar-refractivity contribution in [2.24, 2.45) is 5.92 Å². The first-order chi connectivity index (χ1) is 10.1. The van der Waals surface area contributed by atoms with Crippen molar-refractivity contribution in [1.29, 1.82) is 0 Å². The molecule has 0 amide bonds. The molecule has 1 rings (SSSR count). The van der Waals surface area contributed by atoms with E-state index in [2.05, 4.69) is 26.1 Å². The summed E-state index contributed by atoms with van der Waals surface area (Å²) < 4.78 is 26.9. The van der Waals surface area contributed by atoms with Gasteiger partial charge in [0, 0.05) is 12.1 Å². The van der Waals surface area contributed by atoms with Crippen LogP contribution in [0.25, 0.3) is 0 Å². The normalized spacial score (nSPS) is 14.1. The lowest BCUT2D eigenvalue weighted by Crippen LogP contribution is -2.38. The number of rotatable bonds is 10. The molecule has 1 aromatic carbocycles. The predicted molar refractivity (Wildman–Crippen MR) is 85.4 cm³/mol. The summed E-state index contributed by atoms with van der Waals surface area (Å²) >= 11 is 0. The first-order valence-corrected chi connectivity index (χ1v) is 8.29. The van der Waals surface area contributed by atoms with E-state index in [9.17, 15) is 8.78 Å². The molecule has 0 fully saturated rings. The summed E-state index contributed by atoms with van der Waals surface area (Å²) in [4.78, 5) is 0. The molecule has 0 bridgehead atoms. The van der Waals surface area contributed by atoms with Crippen LogP contribution in [-0.4, -0.2) is 12.6 Å². The highest BCUT2D eigenvalue weighted by Gasteiger charge is 2.20. The molecule has 0 saturated heterocycles. The van der Waals surface area contributed by atoms with Crippen molar-refractivity contribution in [3.63, 3.8) is 0 Å². The predicted octanol–water partition coefficient (Wildman–Crippen LogP) is 5.09. The van der Waals surface area contributed by atoms with E-state index in [1.807, 2.05) is 0 Å². The first kappa shape index (κ1) is 18.1. The van der Waals surface area contributed by atoms with Crippen LogP contribution in [0.4, 0.5) is 8.78 Å². The van der Waals surface area contributed by atoms with Gasteiger partial charge in [0.1, 0.15) is 11.6 Å². The van der Waals surface area contributed by atoms with Gasteiger partial charge in [-0.15, -0.1) is 0 Å². The van der Waals surface area contributed by atoms with Crippen molar-refractivity contribution in [3.8, 4) is 0 Å². The molecule has 0 aliphatic carbocycles. The number of unbranched alkanes of at least 4 members (excludes halogenated alkanes) is 1. The molecule has 0 spiro atoms. The highest BCUT2D eigenvalue weighted by molar-refractivity contribution is 5.19. The van der Waals surface area contributed by atoms with Gasteiger partial charge in [0.05, 0.1) is 0 Å². The summed E-state index contributed by atoms with van der Waals surface area (Å²) in [6.07, 6.45) is 6.33. The number of halogens is 2. The van der Waals surface area contributed by atoms with Crippen LogP contribution in [0.2, 0.25) is 0 Å². The Labute approximate surface area is 128 Å². The summed E-state index contributed by atoms with van der Waals surface area (Å²) in [5.74, 6) is -0.392. The van der Waals surface area contributed by atoms with Crippen LogP contribution < -0.4 is 5.32 Å². The Kier molecular flexibility index (Phi) is 8.51. The summed E-state index contributed by atoms with van der Waals surface area (Å²) in [6.45, 7) is 7.47. The molecule has 1 nitrogen and oxygen atoms in total. The Balaban J connectivity index is 2.79. The van der Waals surface area contributed by atoms with Gasteiger partial charge in [0.25, 0.3) is 0 Å². The molecule has 0 aliphatic rings. The highest BCUT2D eigenvalue weighted by atomic mass is 19.1. The van der Waals surface area contributed by atoms with E-state index in [-0.39, 0.29) is 6.04 Å².